The van der Waals surface area contributed by atoms with Crippen molar-refractivity contribution >= 4 is 39.0 Å². The number of nitrogens with one attached hydrogen (secondary N) is 2. The summed E-state index contributed by atoms with van der Waals surface area (Å²) in [4.78, 5) is 20.5. The number of fused-ring (bicyclic) bond motifs is 2. The van der Waals surface area contributed by atoms with E-state index in [1.54, 1.807) is 6.20 Å². The molecule has 0 fully saturated rings. The molecule has 2 aromatic carbocycles. The maximum absolute atomic E-state index is 13.1. The lowest BCUT2D eigenvalue weighted by Gasteiger charge is -2.28. The number of amides is 1. The molecule has 0 aliphatic carbocycles. The van der Waals surface area contributed by atoms with Crippen LogP contribution >= 0.6 is 11.3 Å². The van der Waals surface area contributed by atoms with Gasteiger partial charge >= 0.3 is 0 Å². The average molecular weight is 389 g/mol. The van der Waals surface area contributed by atoms with Gasteiger partial charge in [0.05, 0.1) is 11.7 Å². The van der Waals surface area contributed by atoms with E-state index in [2.05, 4.69) is 38.7 Å². The number of rotatable bonds is 3. The van der Waals surface area contributed by atoms with Crippen molar-refractivity contribution in [1.29, 1.82) is 0 Å². The first-order valence-corrected chi connectivity index (χ1v) is 10.0. The number of hydrogen-bond acceptors (Lipinski definition) is 5. The maximum atomic E-state index is 13.1. The Balaban J connectivity index is 1.36. The molecular weight excluding hydrogens is 370 g/mol. The predicted octanol–water partition coefficient (Wildman–Crippen LogP) is 4.27. The third kappa shape index (κ3) is 3.03. The van der Waals surface area contributed by atoms with Gasteiger partial charge in [-0.15, -0.1) is 11.3 Å². The van der Waals surface area contributed by atoms with Crippen molar-refractivity contribution in [2.45, 2.75) is 19.9 Å². The highest BCUT2D eigenvalue weighted by Gasteiger charge is 2.25. The van der Waals surface area contributed by atoms with E-state index < -0.39 is 0 Å². The van der Waals surface area contributed by atoms with Crippen LogP contribution in [0.4, 0.5) is 10.8 Å². The minimum atomic E-state index is 0.000299. The molecule has 7 heteroatoms. The van der Waals surface area contributed by atoms with Crippen molar-refractivity contribution in [3.8, 4) is 0 Å². The van der Waals surface area contributed by atoms with Crippen LogP contribution in [0.2, 0.25) is 0 Å². The van der Waals surface area contributed by atoms with Gasteiger partial charge in [0.2, 0.25) is 0 Å². The largest absolute Gasteiger partial charge is 0.333 e. The van der Waals surface area contributed by atoms with Crippen LogP contribution in [0.25, 0.3) is 10.9 Å². The molecule has 140 valence electrons. The number of nitrogens with zero attached hydrogens (tertiary/aromatic N) is 3. The van der Waals surface area contributed by atoms with Crippen molar-refractivity contribution < 1.29 is 4.79 Å². The fourth-order valence-corrected chi connectivity index (χ4v) is 4.43. The molecule has 5 rings (SSSR count). The lowest BCUT2D eigenvalue weighted by molar-refractivity contribution is 0.0729. The first kappa shape index (κ1) is 16.9. The Morgan fingerprint density at radius 3 is 2.96 bits per heavy atom. The number of H-pyrrole nitrogens is 1. The maximum Gasteiger partial charge on any atom is 0.274 e. The van der Waals surface area contributed by atoms with Crippen molar-refractivity contribution in [3.05, 3.63) is 70.4 Å². The third-order valence-corrected chi connectivity index (χ3v) is 6.00. The molecular formula is C21H19N5OS. The van der Waals surface area contributed by atoms with Gasteiger partial charge in [0.15, 0.2) is 5.13 Å². The zero-order valence-electron chi connectivity index (χ0n) is 15.4. The SMILES string of the molecule is Cc1sc(Nc2ccc3cn[nH]c3c2)nc1C(=O)N1CCc2ccccc2C1. The van der Waals surface area contributed by atoms with E-state index in [1.165, 1.54) is 22.5 Å². The van der Waals surface area contributed by atoms with Gasteiger partial charge in [-0.1, -0.05) is 24.3 Å². The van der Waals surface area contributed by atoms with Crippen LogP contribution in [-0.2, 0) is 13.0 Å². The Hall–Kier alpha value is -3.19. The standard InChI is InChI=1S/C21H19N5OS/c1-13-19(20(27)26-9-8-14-4-2-3-5-16(14)12-26)24-21(28-13)23-17-7-6-15-11-22-25-18(15)10-17/h2-7,10-11H,8-9,12H2,1H3,(H,22,25)(H,23,24). The summed E-state index contributed by atoms with van der Waals surface area (Å²) in [6.45, 7) is 3.32. The third-order valence-electron chi connectivity index (χ3n) is 5.11. The van der Waals surface area contributed by atoms with Crippen LogP contribution in [0.1, 0.15) is 26.5 Å². The van der Waals surface area contributed by atoms with Crippen LogP contribution in [-0.4, -0.2) is 32.5 Å². The summed E-state index contributed by atoms with van der Waals surface area (Å²) in [5.41, 5.74) is 4.96. The molecule has 1 amide bonds. The fraction of sp³-hybridized carbons (Fsp3) is 0.190. The lowest BCUT2D eigenvalue weighted by Crippen LogP contribution is -2.36. The summed E-state index contributed by atoms with van der Waals surface area (Å²) in [5, 5.41) is 12.1. The van der Waals surface area contributed by atoms with E-state index in [9.17, 15) is 4.79 Å². The van der Waals surface area contributed by atoms with E-state index in [-0.39, 0.29) is 5.91 Å². The second-order valence-electron chi connectivity index (χ2n) is 6.97. The van der Waals surface area contributed by atoms with Crippen molar-refractivity contribution in [1.82, 2.24) is 20.1 Å². The molecule has 0 saturated heterocycles. The molecule has 2 aromatic heterocycles. The van der Waals surface area contributed by atoms with Crippen molar-refractivity contribution in [3.63, 3.8) is 0 Å². The second kappa shape index (κ2) is 6.76. The smallest absolute Gasteiger partial charge is 0.274 e. The molecule has 2 N–H and O–H groups in total. The van der Waals surface area contributed by atoms with Gasteiger partial charge in [-0.25, -0.2) is 4.98 Å². The van der Waals surface area contributed by atoms with Crippen molar-refractivity contribution in [2.75, 3.05) is 11.9 Å². The van der Waals surface area contributed by atoms with Crippen LogP contribution < -0.4 is 5.32 Å². The Morgan fingerprint density at radius 1 is 1.21 bits per heavy atom. The lowest BCUT2D eigenvalue weighted by atomic mass is 10.00. The van der Waals surface area contributed by atoms with Gasteiger partial charge in [0.25, 0.3) is 5.91 Å². The Bertz CT molecular complexity index is 1180. The molecule has 4 aromatic rings. The van der Waals surface area contributed by atoms with Crippen LogP contribution in [0.15, 0.2) is 48.7 Å². The molecule has 1 aliphatic rings. The van der Waals surface area contributed by atoms with Gasteiger partial charge < -0.3 is 10.2 Å². The molecule has 0 atom stereocenters. The number of carbonyl (C=O) groups excluding carboxylic acids is 1. The molecule has 0 bridgehead atoms. The van der Waals surface area contributed by atoms with Gasteiger partial charge in [-0.3, -0.25) is 9.89 Å². The minimum absolute atomic E-state index is 0.000299. The number of hydrogen-bond donors (Lipinski definition) is 2. The summed E-state index contributed by atoms with van der Waals surface area (Å²) >= 11 is 1.50. The van der Waals surface area contributed by atoms with E-state index in [0.717, 1.165) is 39.6 Å². The van der Waals surface area contributed by atoms with E-state index >= 15 is 0 Å². The number of anilines is 2. The highest BCUT2D eigenvalue weighted by Crippen LogP contribution is 2.29. The summed E-state index contributed by atoms with van der Waals surface area (Å²) in [5.74, 6) is 0.000299. The van der Waals surface area contributed by atoms with Crippen LogP contribution in [0.5, 0.6) is 0 Å². The molecule has 0 unspecified atom stereocenters. The highest BCUT2D eigenvalue weighted by molar-refractivity contribution is 7.15. The molecule has 6 nitrogen and oxygen atoms in total. The molecule has 0 spiro atoms. The van der Waals surface area contributed by atoms with Gasteiger partial charge in [0.1, 0.15) is 5.69 Å². The quantitative estimate of drug-likeness (QED) is 0.549. The number of aromatic nitrogens is 3. The molecule has 28 heavy (non-hydrogen) atoms. The van der Waals surface area contributed by atoms with Crippen LogP contribution in [0.3, 0.4) is 0 Å². The van der Waals surface area contributed by atoms with Gasteiger partial charge in [-0.05, 0) is 42.7 Å². The zero-order valence-corrected chi connectivity index (χ0v) is 16.2. The number of carbonyl (C=O) groups is 1. The van der Waals surface area contributed by atoms with Crippen LogP contribution in [0, 0.1) is 6.92 Å². The average Bonchev–Trinajstić information content (AvgIpc) is 3.33. The molecule has 0 saturated carbocycles. The number of benzene rings is 2. The predicted molar refractivity (Wildman–Crippen MR) is 111 cm³/mol. The Morgan fingerprint density at radius 2 is 2.07 bits per heavy atom. The molecule has 0 radical (unpaired) electrons. The van der Waals surface area contributed by atoms with E-state index in [1.807, 2.05) is 36.1 Å². The summed E-state index contributed by atoms with van der Waals surface area (Å²) in [7, 11) is 0. The van der Waals surface area contributed by atoms with E-state index in [4.69, 9.17) is 0 Å². The molecule has 1 aliphatic heterocycles. The topological polar surface area (TPSA) is 73.9 Å². The molecule has 3 heterocycles. The first-order valence-electron chi connectivity index (χ1n) is 9.21. The Labute approximate surface area is 166 Å². The second-order valence-corrected chi connectivity index (χ2v) is 8.17. The van der Waals surface area contributed by atoms with Crippen molar-refractivity contribution in [2.24, 2.45) is 0 Å². The van der Waals surface area contributed by atoms with Gasteiger partial charge in [-0.2, -0.15) is 5.10 Å². The summed E-state index contributed by atoms with van der Waals surface area (Å²) < 4.78 is 0. The van der Waals surface area contributed by atoms with Gasteiger partial charge in [0, 0.05) is 29.0 Å². The number of aryl methyl sites for hydroxylation is 1. The summed E-state index contributed by atoms with van der Waals surface area (Å²) in [6, 6.07) is 14.3. The summed E-state index contributed by atoms with van der Waals surface area (Å²) in [6.07, 6.45) is 2.68. The Kier molecular flexibility index (Phi) is 4.09. The fourth-order valence-electron chi connectivity index (χ4n) is 3.61. The minimum Gasteiger partial charge on any atom is -0.333 e. The number of thiazole rings is 1. The highest BCUT2D eigenvalue weighted by atomic mass is 32.1. The monoisotopic (exact) mass is 389 g/mol. The normalized spacial score (nSPS) is 13.5. The first-order chi connectivity index (χ1) is 13.7. The zero-order chi connectivity index (χ0) is 19.1. The van der Waals surface area contributed by atoms with E-state index in [0.29, 0.717) is 12.2 Å². The number of aromatic amines is 1.